The van der Waals surface area contributed by atoms with E-state index in [1.54, 1.807) is 0 Å². The molecule has 0 radical (unpaired) electrons. The second-order valence-electron chi connectivity index (χ2n) is 8.54. The monoisotopic (exact) mass is 417 g/mol. The minimum Gasteiger partial charge on any atom is -0.224 e. The van der Waals surface area contributed by atoms with E-state index in [9.17, 15) is 4.39 Å². The van der Waals surface area contributed by atoms with Crippen LogP contribution in [0.5, 0.6) is 0 Å². The maximum atomic E-state index is 14.6. The highest BCUT2D eigenvalue weighted by Crippen LogP contribution is 2.27. The van der Waals surface area contributed by atoms with E-state index in [0.717, 1.165) is 36.1 Å². The van der Waals surface area contributed by atoms with Crippen LogP contribution in [-0.2, 0) is 12.8 Å². The molecule has 0 aliphatic carbocycles. The molecule has 2 heteroatoms. The van der Waals surface area contributed by atoms with Crippen molar-refractivity contribution in [3.05, 3.63) is 77.9 Å². The van der Waals surface area contributed by atoms with Gasteiger partial charge in [-0.1, -0.05) is 101 Å². The fourth-order valence-corrected chi connectivity index (χ4v) is 4.02. The van der Waals surface area contributed by atoms with Crippen molar-refractivity contribution in [3.8, 4) is 22.3 Å². The van der Waals surface area contributed by atoms with Crippen LogP contribution in [0.1, 0.15) is 76.5 Å². The van der Waals surface area contributed by atoms with Gasteiger partial charge in [0, 0.05) is 11.3 Å². The van der Waals surface area contributed by atoms with Crippen molar-refractivity contribution in [2.45, 2.75) is 78.1 Å². The van der Waals surface area contributed by atoms with E-state index >= 15 is 0 Å². The van der Waals surface area contributed by atoms with Gasteiger partial charge in [0.2, 0.25) is 5.95 Å². The highest BCUT2D eigenvalue weighted by molar-refractivity contribution is 5.70. The fraction of sp³-hybridized carbons (Fsp3) is 0.414. The Morgan fingerprint density at radius 1 is 0.581 bits per heavy atom. The summed E-state index contributed by atoms with van der Waals surface area (Å²) in [6.45, 7) is 4.44. The van der Waals surface area contributed by atoms with E-state index in [1.807, 2.05) is 24.3 Å². The van der Waals surface area contributed by atoms with Gasteiger partial charge in [0.05, 0.1) is 0 Å². The zero-order chi connectivity index (χ0) is 21.9. The Kier molecular flexibility index (Phi) is 9.27. The Morgan fingerprint density at radius 3 is 1.71 bits per heavy atom. The van der Waals surface area contributed by atoms with Crippen LogP contribution in [0.4, 0.5) is 4.39 Å². The molecular weight excluding hydrogens is 381 g/mol. The molecule has 3 aromatic rings. The predicted molar refractivity (Wildman–Crippen MR) is 131 cm³/mol. The Balaban J connectivity index is 1.62. The number of aryl methyl sites for hydroxylation is 2. The Bertz CT molecular complexity index is 912. The number of hydrogen-bond acceptors (Lipinski definition) is 1. The molecule has 0 aliphatic heterocycles. The number of aromatic nitrogens is 1. The third-order valence-electron chi connectivity index (χ3n) is 6.00. The molecule has 2 aromatic carbocycles. The standard InChI is InChI=1S/C29H36FN/c1-3-5-7-9-11-23-13-15-24(16-14-23)25-17-19-26(20-18-25)28-22-21-27(31-29(28)30)12-10-8-6-4-2/h13-22H,3-12H2,1-2H3. The first kappa shape index (κ1) is 23.2. The molecule has 1 nitrogen and oxygen atoms in total. The molecule has 31 heavy (non-hydrogen) atoms. The molecule has 0 saturated heterocycles. The maximum absolute atomic E-state index is 14.6. The molecular formula is C29H36FN. The molecule has 0 atom stereocenters. The summed E-state index contributed by atoms with van der Waals surface area (Å²) in [6.07, 6.45) is 11.9. The van der Waals surface area contributed by atoms with E-state index < -0.39 is 0 Å². The highest BCUT2D eigenvalue weighted by Gasteiger charge is 2.09. The van der Waals surface area contributed by atoms with Crippen molar-refractivity contribution >= 4 is 0 Å². The lowest BCUT2D eigenvalue weighted by atomic mass is 9.98. The normalized spacial score (nSPS) is 11.1. The molecule has 0 amide bonds. The number of nitrogens with zero attached hydrogens (tertiary/aromatic N) is 1. The molecule has 0 N–H and O–H groups in total. The van der Waals surface area contributed by atoms with E-state index in [-0.39, 0.29) is 5.95 Å². The van der Waals surface area contributed by atoms with Crippen LogP contribution >= 0.6 is 0 Å². The first-order valence-corrected chi connectivity index (χ1v) is 12.1. The Labute approximate surface area is 187 Å². The predicted octanol–water partition coefficient (Wildman–Crippen LogP) is 8.80. The van der Waals surface area contributed by atoms with Gasteiger partial charge in [-0.2, -0.15) is 4.39 Å². The Morgan fingerprint density at radius 2 is 1.13 bits per heavy atom. The molecule has 0 bridgehead atoms. The largest absolute Gasteiger partial charge is 0.224 e. The first-order valence-electron chi connectivity index (χ1n) is 12.1. The summed E-state index contributed by atoms with van der Waals surface area (Å²) < 4.78 is 14.6. The van der Waals surface area contributed by atoms with Crippen molar-refractivity contribution in [3.63, 3.8) is 0 Å². The smallest absolute Gasteiger partial charge is 0.220 e. The summed E-state index contributed by atoms with van der Waals surface area (Å²) in [5.41, 5.74) is 6.06. The van der Waals surface area contributed by atoms with Gasteiger partial charge in [0.25, 0.3) is 0 Å². The van der Waals surface area contributed by atoms with Crippen LogP contribution in [0, 0.1) is 5.95 Å². The third kappa shape index (κ3) is 7.02. The second-order valence-corrected chi connectivity index (χ2v) is 8.54. The number of unbranched alkanes of at least 4 members (excludes halogenated alkanes) is 6. The topological polar surface area (TPSA) is 12.9 Å². The summed E-state index contributed by atoms with van der Waals surface area (Å²) in [7, 11) is 0. The highest BCUT2D eigenvalue weighted by atomic mass is 19.1. The number of pyridine rings is 1. The van der Waals surface area contributed by atoms with Crippen molar-refractivity contribution in [1.82, 2.24) is 4.98 Å². The van der Waals surface area contributed by atoms with Crippen molar-refractivity contribution in [2.75, 3.05) is 0 Å². The number of halogens is 1. The van der Waals surface area contributed by atoms with Crippen LogP contribution in [-0.4, -0.2) is 4.98 Å². The summed E-state index contributed by atoms with van der Waals surface area (Å²) in [6, 6.07) is 20.8. The zero-order valence-electron chi connectivity index (χ0n) is 19.2. The van der Waals surface area contributed by atoms with E-state index in [0.29, 0.717) is 5.56 Å². The van der Waals surface area contributed by atoms with Gasteiger partial charge in [-0.25, -0.2) is 4.98 Å². The van der Waals surface area contributed by atoms with Gasteiger partial charge in [-0.15, -0.1) is 0 Å². The van der Waals surface area contributed by atoms with Crippen LogP contribution in [0.25, 0.3) is 22.3 Å². The fourth-order valence-electron chi connectivity index (χ4n) is 4.02. The van der Waals surface area contributed by atoms with E-state index in [2.05, 4.69) is 55.2 Å². The molecule has 1 heterocycles. The lowest BCUT2D eigenvalue weighted by Crippen LogP contribution is -1.96. The van der Waals surface area contributed by atoms with Gasteiger partial charge in [0.1, 0.15) is 0 Å². The second kappa shape index (κ2) is 12.4. The van der Waals surface area contributed by atoms with Crippen molar-refractivity contribution in [1.29, 1.82) is 0 Å². The number of hydrogen-bond donors (Lipinski definition) is 0. The van der Waals surface area contributed by atoms with Crippen LogP contribution in [0.15, 0.2) is 60.7 Å². The van der Waals surface area contributed by atoms with Gasteiger partial charge < -0.3 is 0 Å². The lowest BCUT2D eigenvalue weighted by molar-refractivity contribution is 0.574. The summed E-state index contributed by atoms with van der Waals surface area (Å²) in [5.74, 6) is -0.367. The van der Waals surface area contributed by atoms with E-state index in [1.165, 1.54) is 56.1 Å². The quantitative estimate of drug-likeness (QED) is 0.212. The first-order chi connectivity index (χ1) is 15.2. The SMILES string of the molecule is CCCCCCc1ccc(-c2ccc(-c3ccc(CCCCCC)nc3F)cc2)cc1. The average molecular weight is 418 g/mol. The van der Waals surface area contributed by atoms with Crippen LogP contribution in [0.3, 0.4) is 0 Å². The zero-order valence-corrected chi connectivity index (χ0v) is 19.2. The van der Waals surface area contributed by atoms with Crippen LogP contribution in [0.2, 0.25) is 0 Å². The molecule has 164 valence electrons. The molecule has 0 aliphatic rings. The molecule has 0 saturated carbocycles. The van der Waals surface area contributed by atoms with Crippen molar-refractivity contribution in [2.24, 2.45) is 0 Å². The Hall–Kier alpha value is -2.48. The molecule has 1 aromatic heterocycles. The minimum atomic E-state index is -0.367. The van der Waals surface area contributed by atoms with Crippen molar-refractivity contribution < 1.29 is 4.39 Å². The summed E-state index contributed by atoms with van der Waals surface area (Å²) in [4.78, 5) is 4.21. The van der Waals surface area contributed by atoms with Gasteiger partial charge >= 0.3 is 0 Å². The molecule has 0 unspecified atom stereocenters. The maximum Gasteiger partial charge on any atom is 0.220 e. The summed E-state index contributed by atoms with van der Waals surface area (Å²) >= 11 is 0. The minimum absolute atomic E-state index is 0.367. The van der Waals surface area contributed by atoms with Crippen LogP contribution < -0.4 is 0 Å². The van der Waals surface area contributed by atoms with Gasteiger partial charge in [0.15, 0.2) is 0 Å². The van der Waals surface area contributed by atoms with E-state index in [4.69, 9.17) is 0 Å². The molecule has 0 fully saturated rings. The molecule has 3 rings (SSSR count). The third-order valence-corrected chi connectivity index (χ3v) is 6.00. The van der Waals surface area contributed by atoms with Gasteiger partial charge in [-0.05, 0) is 60.1 Å². The van der Waals surface area contributed by atoms with Gasteiger partial charge in [-0.3, -0.25) is 0 Å². The average Bonchev–Trinajstić information content (AvgIpc) is 2.80. The number of benzene rings is 2. The summed E-state index contributed by atoms with van der Waals surface area (Å²) in [5, 5.41) is 0. The number of rotatable bonds is 12. The lowest BCUT2D eigenvalue weighted by Gasteiger charge is -2.08. The molecule has 0 spiro atoms.